The third kappa shape index (κ3) is 3.32. The topological polar surface area (TPSA) is 32.3 Å². The van der Waals surface area contributed by atoms with Gasteiger partial charge in [0.05, 0.1) is 0 Å². The van der Waals surface area contributed by atoms with Gasteiger partial charge in [0.25, 0.3) is 0 Å². The number of nitrogens with zero attached hydrogens (tertiary/aromatic N) is 1. The fourth-order valence-electron chi connectivity index (χ4n) is 2.80. The highest BCUT2D eigenvalue weighted by molar-refractivity contribution is 5.79. The molecule has 96 valence electrons. The Morgan fingerprint density at radius 3 is 2.71 bits per heavy atom. The molecule has 0 spiro atoms. The standard InChI is InChI=1S/C14H24N2O/c1-2-16(11-13-9-5-6-10-15-13)14(17)12-7-3-4-8-12/h3-4,12-13,15H,2,5-11H2,1H3. The third-order valence-corrected chi connectivity index (χ3v) is 3.90. The van der Waals surface area contributed by atoms with Crippen molar-refractivity contribution in [2.75, 3.05) is 19.6 Å². The number of carbonyl (C=O) groups is 1. The predicted molar refractivity (Wildman–Crippen MR) is 69.8 cm³/mol. The Bertz CT molecular complexity index is 274. The van der Waals surface area contributed by atoms with Gasteiger partial charge in [0.15, 0.2) is 0 Å². The first kappa shape index (κ1) is 12.6. The molecule has 1 atom stereocenters. The molecule has 2 aliphatic rings. The molecule has 1 N–H and O–H groups in total. The lowest BCUT2D eigenvalue weighted by molar-refractivity contribution is -0.135. The monoisotopic (exact) mass is 236 g/mol. The van der Waals surface area contributed by atoms with E-state index >= 15 is 0 Å². The van der Waals surface area contributed by atoms with Gasteiger partial charge in [-0.1, -0.05) is 18.6 Å². The first-order valence-corrected chi connectivity index (χ1v) is 6.98. The molecule has 2 rings (SSSR count). The predicted octanol–water partition coefficient (Wildman–Crippen LogP) is 1.94. The van der Waals surface area contributed by atoms with Gasteiger partial charge in [-0.15, -0.1) is 0 Å². The van der Waals surface area contributed by atoms with Crippen LogP contribution in [0.5, 0.6) is 0 Å². The van der Waals surface area contributed by atoms with Crippen molar-refractivity contribution < 1.29 is 4.79 Å². The molecule has 1 unspecified atom stereocenters. The molecule has 1 aliphatic carbocycles. The smallest absolute Gasteiger partial charge is 0.226 e. The van der Waals surface area contributed by atoms with E-state index in [-0.39, 0.29) is 5.92 Å². The van der Waals surface area contributed by atoms with Gasteiger partial charge >= 0.3 is 0 Å². The van der Waals surface area contributed by atoms with E-state index in [2.05, 4.69) is 24.4 Å². The molecule has 0 aromatic carbocycles. The number of hydrogen-bond donors (Lipinski definition) is 1. The van der Waals surface area contributed by atoms with Crippen LogP contribution in [0.25, 0.3) is 0 Å². The van der Waals surface area contributed by atoms with Crippen molar-refractivity contribution in [1.82, 2.24) is 10.2 Å². The van der Waals surface area contributed by atoms with Crippen molar-refractivity contribution in [3.8, 4) is 0 Å². The fraction of sp³-hybridized carbons (Fsp3) is 0.786. The molecular weight excluding hydrogens is 212 g/mol. The summed E-state index contributed by atoms with van der Waals surface area (Å²) in [7, 11) is 0. The normalized spacial score (nSPS) is 25.1. The van der Waals surface area contributed by atoms with Gasteiger partial charge < -0.3 is 10.2 Å². The molecule has 17 heavy (non-hydrogen) atoms. The van der Waals surface area contributed by atoms with Crippen LogP contribution in [-0.4, -0.2) is 36.5 Å². The number of likely N-dealkylation sites (N-methyl/N-ethyl adjacent to an activating group) is 1. The summed E-state index contributed by atoms with van der Waals surface area (Å²) in [5.74, 6) is 0.573. The van der Waals surface area contributed by atoms with Crippen molar-refractivity contribution in [2.45, 2.75) is 45.1 Å². The number of piperidine rings is 1. The molecule has 0 radical (unpaired) electrons. The van der Waals surface area contributed by atoms with Crippen LogP contribution in [0.2, 0.25) is 0 Å². The molecular formula is C14H24N2O. The van der Waals surface area contributed by atoms with Crippen molar-refractivity contribution in [1.29, 1.82) is 0 Å². The average Bonchev–Trinajstić information content (AvgIpc) is 2.90. The van der Waals surface area contributed by atoms with Crippen LogP contribution in [0.3, 0.4) is 0 Å². The average molecular weight is 236 g/mol. The maximum absolute atomic E-state index is 12.3. The SMILES string of the molecule is CCN(CC1CCCCN1)C(=O)C1CC=CC1. The molecule has 0 aromatic heterocycles. The fourth-order valence-corrected chi connectivity index (χ4v) is 2.80. The van der Waals surface area contributed by atoms with Gasteiger partial charge in [0, 0.05) is 25.0 Å². The zero-order valence-electron chi connectivity index (χ0n) is 10.8. The van der Waals surface area contributed by atoms with E-state index in [4.69, 9.17) is 0 Å². The van der Waals surface area contributed by atoms with Crippen LogP contribution in [0.15, 0.2) is 12.2 Å². The van der Waals surface area contributed by atoms with Crippen molar-refractivity contribution >= 4 is 5.91 Å². The summed E-state index contributed by atoms with van der Waals surface area (Å²) >= 11 is 0. The van der Waals surface area contributed by atoms with E-state index in [9.17, 15) is 4.79 Å². The molecule has 3 heteroatoms. The van der Waals surface area contributed by atoms with Crippen molar-refractivity contribution in [3.05, 3.63) is 12.2 Å². The molecule has 0 aromatic rings. The number of nitrogens with one attached hydrogen (secondary N) is 1. The Morgan fingerprint density at radius 1 is 1.35 bits per heavy atom. The number of rotatable bonds is 4. The summed E-state index contributed by atoms with van der Waals surface area (Å²) < 4.78 is 0. The minimum Gasteiger partial charge on any atom is -0.341 e. The second-order valence-corrected chi connectivity index (χ2v) is 5.16. The van der Waals surface area contributed by atoms with Crippen LogP contribution >= 0.6 is 0 Å². The number of allylic oxidation sites excluding steroid dienone is 2. The summed E-state index contributed by atoms with van der Waals surface area (Å²) in [6.07, 6.45) is 9.94. The molecule has 1 heterocycles. The van der Waals surface area contributed by atoms with E-state index in [1.54, 1.807) is 0 Å². The lowest BCUT2D eigenvalue weighted by Crippen LogP contribution is -2.47. The maximum atomic E-state index is 12.3. The summed E-state index contributed by atoms with van der Waals surface area (Å²) in [5, 5.41) is 3.52. The zero-order chi connectivity index (χ0) is 12.1. The Labute approximate surface area is 104 Å². The van der Waals surface area contributed by atoms with E-state index in [0.717, 1.165) is 32.5 Å². The van der Waals surface area contributed by atoms with E-state index in [0.29, 0.717) is 11.9 Å². The van der Waals surface area contributed by atoms with Crippen LogP contribution in [-0.2, 0) is 4.79 Å². The lowest BCUT2D eigenvalue weighted by Gasteiger charge is -2.31. The highest BCUT2D eigenvalue weighted by Gasteiger charge is 2.26. The minimum absolute atomic E-state index is 0.221. The number of amides is 1. The summed E-state index contributed by atoms with van der Waals surface area (Å²) in [6, 6.07) is 0.516. The van der Waals surface area contributed by atoms with Gasteiger partial charge in [-0.2, -0.15) is 0 Å². The summed E-state index contributed by atoms with van der Waals surface area (Å²) in [4.78, 5) is 14.4. The van der Waals surface area contributed by atoms with Gasteiger partial charge in [-0.3, -0.25) is 4.79 Å². The highest BCUT2D eigenvalue weighted by Crippen LogP contribution is 2.21. The Hall–Kier alpha value is -0.830. The van der Waals surface area contributed by atoms with Crippen LogP contribution in [0.4, 0.5) is 0 Å². The first-order chi connectivity index (χ1) is 8.31. The second kappa shape index (κ2) is 6.20. The Balaban J connectivity index is 1.84. The zero-order valence-corrected chi connectivity index (χ0v) is 10.8. The lowest BCUT2D eigenvalue weighted by atomic mass is 10.0. The van der Waals surface area contributed by atoms with Gasteiger partial charge in [-0.25, -0.2) is 0 Å². The van der Waals surface area contributed by atoms with Crippen LogP contribution < -0.4 is 5.32 Å². The van der Waals surface area contributed by atoms with E-state index in [1.807, 2.05) is 4.90 Å². The minimum atomic E-state index is 0.221. The molecule has 3 nitrogen and oxygen atoms in total. The van der Waals surface area contributed by atoms with E-state index < -0.39 is 0 Å². The Kier molecular flexibility index (Phi) is 4.60. The molecule has 1 saturated heterocycles. The van der Waals surface area contributed by atoms with Gasteiger partial charge in [0.1, 0.15) is 0 Å². The molecule has 1 aliphatic heterocycles. The highest BCUT2D eigenvalue weighted by atomic mass is 16.2. The van der Waals surface area contributed by atoms with Gasteiger partial charge in [0.2, 0.25) is 5.91 Å². The summed E-state index contributed by atoms with van der Waals surface area (Å²) in [6.45, 7) is 4.93. The van der Waals surface area contributed by atoms with Crippen molar-refractivity contribution in [2.24, 2.45) is 5.92 Å². The number of hydrogen-bond acceptors (Lipinski definition) is 2. The molecule has 0 bridgehead atoms. The third-order valence-electron chi connectivity index (χ3n) is 3.90. The van der Waals surface area contributed by atoms with E-state index in [1.165, 1.54) is 19.3 Å². The Morgan fingerprint density at radius 2 is 2.12 bits per heavy atom. The van der Waals surface area contributed by atoms with Crippen LogP contribution in [0, 0.1) is 5.92 Å². The van der Waals surface area contributed by atoms with Crippen molar-refractivity contribution in [3.63, 3.8) is 0 Å². The van der Waals surface area contributed by atoms with Gasteiger partial charge in [-0.05, 0) is 39.2 Å². The molecule has 1 amide bonds. The molecule has 1 fully saturated rings. The quantitative estimate of drug-likeness (QED) is 0.757. The first-order valence-electron chi connectivity index (χ1n) is 6.98. The second-order valence-electron chi connectivity index (χ2n) is 5.16. The largest absolute Gasteiger partial charge is 0.341 e. The number of carbonyl (C=O) groups excluding carboxylic acids is 1. The maximum Gasteiger partial charge on any atom is 0.226 e. The summed E-state index contributed by atoms with van der Waals surface area (Å²) in [5.41, 5.74) is 0. The van der Waals surface area contributed by atoms with Crippen LogP contribution in [0.1, 0.15) is 39.0 Å². The molecule has 0 saturated carbocycles.